The smallest absolute Gasteiger partial charge is 0.254 e. The number of benzene rings is 2. The van der Waals surface area contributed by atoms with Crippen molar-refractivity contribution in [2.75, 3.05) is 18.2 Å². The van der Waals surface area contributed by atoms with Crippen molar-refractivity contribution >= 4 is 40.5 Å². The number of anilines is 1. The van der Waals surface area contributed by atoms with Crippen molar-refractivity contribution in [1.29, 1.82) is 5.26 Å². The molecule has 0 saturated heterocycles. The molecule has 35 heavy (non-hydrogen) atoms. The first-order valence-corrected chi connectivity index (χ1v) is 12.7. The molecule has 2 N–H and O–H groups in total. The molecule has 176 valence electrons. The molecule has 3 aromatic rings. The van der Waals surface area contributed by atoms with Gasteiger partial charge in [0.1, 0.15) is 5.75 Å². The van der Waals surface area contributed by atoms with Crippen LogP contribution in [-0.4, -0.2) is 24.6 Å². The number of allylic oxidation sites excluding steroid dienone is 2. The first-order valence-electron chi connectivity index (χ1n) is 10.8. The number of ketones is 1. The van der Waals surface area contributed by atoms with Crippen LogP contribution in [0.25, 0.3) is 0 Å². The van der Waals surface area contributed by atoms with Gasteiger partial charge in [0.05, 0.1) is 41.1 Å². The highest BCUT2D eigenvalue weighted by Crippen LogP contribution is 2.42. The van der Waals surface area contributed by atoms with Crippen molar-refractivity contribution in [2.24, 2.45) is 0 Å². The van der Waals surface area contributed by atoms with Crippen molar-refractivity contribution in [3.63, 3.8) is 0 Å². The molecular weight excluding hydrogens is 478 g/mol. The Morgan fingerprint density at radius 2 is 1.86 bits per heavy atom. The highest BCUT2D eigenvalue weighted by molar-refractivity contribution is 8.03. The Morgan fingerprint density at radius 3 is 2.54 bits per heavy atom. The van der Waals surface area contributed by atoms with Crippen LogP contribution in [0.15, 0.2) is 94.0 Å². The predicted molar refractivity (Wildman–Crippen MR) is 140 cm³/mol. The summed E-state index contributed by atoms with van der Waals surface area (Å²) in [5, 5.41) is 18.8. The number of carbonyl (C=O) groups excluding carboxylic acids is 2. The fourth-order valence-corrected chi connectivity index (χ4v) is 5.68. The Labute approximate surface area is 212 Å². The molecule has 0 fully saturated rings. The first kappa shape index (κ1) is 24.3. The maximum absolute atomic E-state index is 13.5. The number of thiophene rings is 1. The number of nitrogens with one attached hydrogen (secondary N) is 2. The average molecular weight is 502 g/mol. The van der Waals surface area contributed by atoms with E-state index in [0.29, 0.717) is 38.9 Å². The van der Waals surface area contributed by atoms with Crippen LogP contribution in [0.4, 0.5) is 5.69 Å². The summed E-state index contributed by atoms with van der Waals surface area (Å²) in [6.45, 7) is 1.81. The number of hydrogen-bond donors (Lipinski definition) is 2. The third-order valence-corrected chi connectivity index (χ3v) is 7.47. The number of methoxy groups -OCH3 is 1. The Balaban J connectivity index is 1.65. The summed E-state index contributed by atoms with van der Waals surface area (Å²) in [6, 6.07) is 22.3. The predicted octanol–water partition coefficient (Wildman–Crippen LogP) is 5.71. The molecule has 6 nitrogen and oxygen atoms in total. The van der Waals surface area contributed by atoms with Gasteiger partial charge in [-0.15, -0.1) is 11.3 Å². The zero-order valence-corrected chi connectivity index (χ0v) is 20.8. The number of Topliss-reactive ketones (excluding diaryl/α,β-unsaturated/α-hetero) is 1. The number of nitrogens with zero attached hydrogens (tertiary/aromatic N) is 1. The number of hydrogen-bond acceptors (Lipinski definition) is 7. The van der Waals surface area contributed by atoms with E-state index < -0.39 is 5.92 Å². The number of carbonyl (C=O) groups is 2. The van der Waals surface area contributed by atoms with Gasteiger partial charge in [0.2, 0.25) is 0 Å². The molecule has 2 heterocycles. The summed E-state index contributed by atoms with van der Waals surface area (Å²) in [5.74, 6) is -0.191. The topological polar surface area (TPSA) is 91.2 Å². The molecule has 4 rings (SSSR count). The second-order valence-electron chi connectivity index (χ2n) is 7.70. The summed E-state index contributed by atoms with van der Waals surface area (Å²) in [5.41, 5.74) is 2.65. The lowest BCUT2D eigenvalue weighted by Gasteiger charge is -2.29. The summed E-state index contributed by atoms with van der Waals surface area (Å²) in [4.78, 5) is 27.1. The van der Waals surface area contributed by atoms with Crippen molar-refractivity contribution < 1.29 is 14.3 Å². The lowest BCUT2D eigenvalue weighted by molar-refractivity contribution is -0.113. The molecule has 0 bridgehead atoms. The average Bonchev–Trinajstić information content (AvgIpc) is 3.42. The van der Waals surface area contributed by atoms with Crippen LogP contribution in [0.5, 0.6) is 5.75 Å². The molecule has 1 aromatic heterocycles. The molecule has 1 atom stereocenters. The van der Waals surface area contributed by atoms with E-state index >= 15 is 0 Å². The molecule has 0 aliphatic carbocycles. The highest BCUT2D eigenvalue weighted by Gasteiger charge is 2.35. The van der Waals surface area contributed by atoms with E-state index in [1.165, 1.54) is 23.1 Å². The molecule has 0 saturated carbocycles. The summed E-state index contributed by atoms with van der Waals surface area (Å²) in [6.07, 6.45) is 0. The van der Waals surface area contributed by atoms with Gasteiger partial charge < -0.3 is 15.4 Å². The van der Waals surface area contributed by atoms with E-state index in [9.17, 15) is 14.9 Å². The monoisotopic (exact) mass is 501 g/mol. The number of ether oxygens (including phenoxy) is 1. The molecule has 1 amide bonds. The van der Waals surface area contributed by atoms with E-state index in [0.717, 1.165) is 4.88 Å². The number of rotatable bonds is 8. The minimum absolute atomic E-state index is 0.0313. The van der Waals surface area contributed by atoms with Gasteiger partial charge in [-0.1, -0.05) is 60.3 Å². The maximum Gasteiger partial charge on any atom is 0.254 e. The van der Waals surface area contributed by atoms with E-state index in [1.54, 1.807) is 31.4 Å². The quantitative estimate of drug-likeness (QED) is 0.384. The summed E-state index contributed by atoms with van der Waals surface area (Å²) >= 11 is 2.76. The van der Waals surface area contributed by atoms with Gasteiger partial charge in [0.25, 0.3) is 5.91 Å². The second-order valence-corrected chi connectivity index (χ2v) is 9.66. The molecule has 1 aliphatic heterocycles. The van der Waals surface area contributed by atoms with Gasteiger partial charge in [0.15, 0.2) is 5.78 Å². The minimum atomic E-state index is -0.551. The Hall–Kier alpha value is -3.80. The zero-order valence-electron chi connectivity index (χ0n) is 19.2. The Kier molecular flexibility index (Phi) is 7.70. The number of amides is 1. The van der Waals surface area contributed by atoms with Gasteiger partial charge in [0, 0.05) is 21.7 Å². The third-order valence-electron chi connectivity index (χ3n) is 5.52. The van der Waals surface area contributed by atoms with Gasteiger partial charge in [-0.2, -0.15) is 5.26 Å². The van der Waals surface area contributed by atoms with Gasteiger partial charge in [-0.05, 0) is 30.5 Å². The van der Waals surface area contributed by atoms with Crippen LogP contribution in [0.2, 0.25) is 0 Å². The van der Waals surface area contributed by atoms with Crippen molar-refractivity contribution in [3.05, 3.63) is 104 Å². The molecule has 1 unspecified atom stereocenters. The molecule has 1 aliphatic rings. The van der Waals surface area contributed by atoms with E-state index in [-0.39, 0.29) is 17.4 Å². The van der Waals surface area contributed by atoms with Crippen LogP contribution >= 0.6 is 23.1 Å². The fourth-order valence-electron chi connectivity index (χ4n) is 3.85. The van der Waals surface area contributed by atoms with E-state index in [2.05, 4.69) is 16.7 Å². The van der Waals surface area contributed by atoms with Crippen molar-refractivity contribution in [3.8, 4) is 11.8 Å². The maximum atomic E-state index is 13.5. The first-order chi connectivity index (χ1) is 17.0. The minimum Gasteiger partial charge on any atom is -0.495 e. The number of thioether (sulfide) groups is 1. The van der Waals surface area contributed by atoms with Crippen molar-refractivity contribution in [1.82, 2.24) is 5.32 Å². The van der Waals surface area contributed by atoms with Gasteiger partial charge in [-0.3, -0.25) is 9.59 Å². The Morgan fingerprint density at radius 1 is 1.11 bits per heavy atom. The molecule has 8 heteroatoms. The van der Waals surface area contributed by atoms with Gasteiger partial charge >= 0.3 is 0 Å². The number of dihydropyridines is 1. The van der Waals surface area contributed by atoms with E-state index in [4.69, 9.17) is 4.74 Å². The molecule has 2 aromatic carbocycles. The summed E-state index contributed by atoms with van der Waals surface area (Å²) < 4.78 is 5.37. The standard InChI is InChI=1S/C27H23N3O3S2/c1-17-24(26(32)30-20-11-6-7-12-22(20)33-2)25(23-13-8-14-34-23)19(15-28)27(29-17)35-16-21(31)18-9-4-3-5-10-18/h3-14,25,29H,16H2,1-2H3,(H,30,32). The third kappa shape index (κ3) is 5.32. The van der Waals surface area contributed by atoms with Crippen molar-refractivity contribution in [2.45, 2.75) is 12.8 Å². The Bertz CT molecular complexity index is 1340. The van der Waals surface area contributed by atoms with Crippen LogP contribution < -0.4 is 15.4 Å². The molecule has 0 radical (unpaired) electrons. The van der Waals surface area contributed by atoms with Crippen LogP contribution in [0.1, 0.15) is 28.1 Å². The normalized spacial score (nSPS) is 15.3. The fraction of sp³-hybridized carbons (Fsp3) is 0.148. The molecule has 0 spiro atoms. The van der Waals surface area contributed by atoms with Crippen LogP contribution in [-0.2, 0) is 4.79 Å². The van der Waals surface area contributed by atoms with E-state index in [1.807, 2.05) is 54.8 Å². The number of nitriles is 1. The summed E-state index contributed by atoms with van der Waals surface area (Å²) in [7, 11) is 1.54. The van der Waals surface area contributed by atoms with Crippen LogP contribution in [0.3, 0.4) is 0 Å². The van der Waals surface area contributed by atoms with Gasteiger partial charge in [-0.25, -0.2) is 0 Å². The zero-order chi connectivity index (χ0) is 24.8. The lowest BCUT2D eigenvalue weighted by Crippen LogP contribution is -2.30. The SMILES string of the molecule is COc1ccccc1NC(=O)C1=C(C)NC(SCC(=O)c2ccccc2)=C(C#N)C1c1cccs1. The second kappa shape index (κ2) is 11.1. The lowest BCUT2D eigenvalue weighted by atomic mass is 9.86. The largest absolute Gasteiger partial charge is 0.495 e. The number of para-hydroxylation sites is 2. The molecular formula is C27H23N3O3S2. The van der Waals surface area contributed by atoms with Crippen LogP contribution in [0, 0.1) is 11.3 Å². The highest BCUT2D eigenvalue weighted by atomic mass is 32.2.